The number of nitrogens with zero attached hydrogens (tertiary/aromatic N) is 1. The highest BCUT2D eigenvalue weighted by atomic mass is 16.5. The van der Waals surface area contributed by atoms with Crippen LogP contribution in [0, 0.1) is 5.92 Å². The fourth-order valence-corrected chi connectivity index (χ4v) is 4.97. The first-order valence-electron chi connectivity index (χ1n) is 13.0. The van der Waals surface area contributed by atoms with Crippen LogP contribution in [-0.2, 0) is 19.1 Å². The monoisotopic (exact) mass is 451 g/mol. The first-order chi connectivity index (χ1) is 15.6. The van der Waals surface area contributed by atoms with Crippen molar-refractivity contribution in [3.63, 3.8) is 0 Å². The van der Waals surface area contributed by atoms with E-state index in [1.165, 1.54) is 44.9 Å². The maximum Gasteiger partial charge on any atom is 0.303 e. The van der Waals surface area contributed by atoms with Gasteiger partial charge in [-0.15, -0.1) is 0 Å². The third-order valence-electron chi connectivity index (χ3n) is 6.74. The van der Waals surface area contributed by atoms with Gasteiger partial charge in [0.05, 0.1) is 25.4 Å². The molecule has 3 atom stereocenters. The number of hydrogen-bond acceptors (Lipinski definition) is 5. The van der Waals surface area contributed by atoms with Gasteiger partial charge in [0.25, 0.3) is 0 Å². The van der Waals surface area contributed by atoms with Crippen molar-refractivity contribution >= 4 is 11.8 Å². The number of unbranched alkanes of at least 4 members (excludes halogenated alkanes) is 7. The van der Waals surface area contributed by atoms with Crippen LogP contribution >= 0.6 is 0 Å². The molecule has 0 unspecified atom stereocenters. The van der Waals surface area contributed by atoms with Crippen molar-refractivity contribution in [3.05, 3.63) is 12.2 Å². The second-order valence-electron chi connectivity index (χ2n) is 9.29. The van der Waals surface area contributed by atoms with Crippen LogP contribution in [0.3, 0.4) is 0 Å². The van der Waals surface area contributed by atoms with Crippen molar-refractivity contribution in [1.29, 1.82) is 0 Å². The molecule has 1 N–H and O–H groups in total. The molecule has 2 aliphatic rings. The number of morpholine rings is 1. The quantitative estimate of drug-likeness (QED) is 0.248. The van der Waals surface area contributed by atoms with Crippen LogP contribution in [0.1, 0.15) is 90.4 Å². The molecule has 32 heavy (non-hydrogen) atoms. The predicted octanol–water partition coefficient (Wildman–Crippen LogP) is 5.00. The van der Waals surface area contributed by atoms with Crippen molar-refractivity contribution < 1.29 is 24.2 Å². The number of aliphatic carboxylic acids is 1. The standard InChI is InChI=1S/C26H45NO5/c1-2-3-4-5-6-7-10-13-18-32-24-21-23(28)26(27-16-19-31-20-17-27)22(24)14-11-8-9-12-15-25(29)30/h8-9,22,24,26H,2-7,10-21H2,1H3,(H,29,30)/t22-,24-,26+/m0/s1. The second-order valence-corrected chi connectivity index (χ2v) is 9.29. The van der Waals surface area contributed by atoms with Crippen molar-refractivity contribution in [2.75, 3.05) is 32.9 Å². The van der Waals surface area contributed by atoms with Gasteiger partial charge in [-0.2, -0.15) is 0 Å². The van der Waals surface area contributed by atoms with Gasteiger partial charge in [0.2, 0.25) is 0 Å². The van der Waals surface area contributed by atoms with E-state index in [0.29, 0.717) is 31.8 Å². The van der Waals surface area contributed by atoms with Crippen LogP contribution in [-0.4, -0.2) is 66.8 Å². The minimum atomic E-state index is -0.766. The Morgan fingerprint density at radius 1 is 1.06 bits per heavy atom. The Balaban J connectivity index is 1.78. The van der Waals surface area contributed by atoms with Crippen molar-refractivity contribution in [1.82, 2.24) is 4.90 Å². The molecular formula is C26H45NO5. The van der Waals surface area contributed by atoms with Gasteiger partial charge >= 0.3 is 5.97 Å². The van der Waals surface area contributed by atoms with Crippen molar-refractivity contribution in [3.8, 4) is 0 Å². The molecule has 0 spiro atoms. The lowest BCUT2D eigenvalue weighted by molar-refractivity contribution is -0.136. The summed E-state index contributed by atoms with van der Waals surface area (Å²) in [7, 11) is 0. The topological polar surface area (TPSA) is 76.1 Å². The Morgan fingerprint density at radius 2 is 1.72 bits per heavy atom. The Kier molecular flexibility index (Phi) is 13.8. The van der Waals surface area contributed by atoms with Gasteiger partial charge in [-0.05, 0) is 25.7 Å². The molecule has 0 aromatic carbocycles. The van der Waals surface area contributed by atoms with E-state index in [-0.39, 0.29) is 24.5 Å². The average molecular weight is 452 g/mol. The lowest BCUT2D eigenvalue weighted by Crippen LogP contribution is -2.49. The van der Waals surface area contributed by atoms with Crippen LogP contribution < -0.4 is 0 Å². The largest absolute Gasteiger partial charge is 0.481 e. The van der Waals surface area contributed by atoms with Gasteiger partial charge in [-0.3, -0.25) is 14.5 Å². The molecule has 1 aliphatic carbocycles. The normalized spacial score (nSPS) is 24.5. The van der Waals surface area contributed by atoms with E-state index in [4.69, 9.17) is 14.6 Å². The Bertz CT molecular complexity index is 558. The summed E-state index contributed by atoms with van der Waals surface area (Å²) in [5.74, 6) is -0.246. The summed E-state index contributed by atoms with van der Waals surface area (Å²) < 4.78 is 11.8. The molecule has 0 aromatic heterocycles. The molecule has 0 radical (unpaired) electrons. The van der Waals surface area contributed by atoms with E-state index in [1.807, 2.05) is 6.08 Å². The van der Waals surface area contributed by atoms with Gasteiger partial charge < -0.3 is 14.6 Å². The molecule has 1 saturated heterocycles. The Labute approximate surface area is 194 Å². The van der Waals surface area contributed by atoms with Crippen LogP contribution in [0.25, 0.3) is 0 Å². The first kappa shape index (κ1) is 27.0. The molecule has 1 heterocycles. The van der Waals surface area contributed by atoms with Gasteiger partial charge in [0, 0.05) is 38.5 Å². The SMILES string of the molecule is CCCCCCCCCCO[C@H]1CC(=O)[C@H](N2CCOCC2)[C@H]1CCC=CCCC(=O)O. The fraction of sp³-hybridized carbons (Fsp3) is 0.846. The Hall–Kier alpha value is -1.24. The first-order valence-corrected chi connectivity index (χ1v) is 13.0. The van der Waals surface area contributed by atoms with Gasteiger partial charge in [-0.25, -0.2) is 0 Å². The van der Waals surface area contributed by atoms with E-state index < -0.39 is 5.97 Å². The van der Waals surface area contributed by atoms with E-state index in [0.717, 1.165) is 39.0 Å². The summed E-state index contributed by atoms with van der Waals surface area (Å²) in [5, 5.41) is 8.77. The van der Waals surface area contributed by atoms with Crippen LogP contribution in [0.5, 0.6) is 0 Å². The molecule has 6 heteroatoms. The number of rotatable bonds is 17. The molecule has 0 amide bonds. The summed E-state index contributed by atoms with van der Waals surface area (Å²) in [5.41, 5.74) is 0. The number of carboxylic acids is 1. The van der Waals surface area contributed by atoms with Crippen molar-refractivity contribution in [2.24, 2.45) is 5.92 Å². The third kappa shape index (κ3) is 10.1. The molecule has 0 bridgehead atoms. The highest BCUT2D eigenvalue weighted by Crippen LogP contribution is 2.34. The van der Waals surface area contributed by atoms with Crippen molar-refractivity contribution in [2.45, 2.75) is 103 Å². The number of Topliss-reactive ketones (excluding diaryl/α,β-unsaturated/α-hetero) is 1. The number of ketones is 1. The van der Waals surface area contributed by atoms with Crippen LogP contribution in [0.4, 0.5) is 0 Å². The minimum Gasteiger partial charge on any atom is -0.481 e. The minimum absolute atomic E-state index is 0.00678. The summed E-state index contributed by atoms with van der Waals surface area (Å²) in [6.45, 7) is 5.99. The molecular weight excluding hydrogens is 406 g/mol. The third-order valence-corrected chi connectivity index (χ3v) is 6.74. The zero-order chi connectivity index (χ0) is 23.0. The molecule has 1 saturated carbocycles. The highest BCUT2D eigenvalue weighted by molar-refractivity contribution is 5.87. The number of carbonyl (C=O) groups is 2. The van der Waals surface area contributed by atoms with Gasteiger partial charge in [0.1, 0.15) is 0 Å². The second kappa shape index (κ2) is 16.4. The van der Waals surface area contributed by atoms with E-state index in [1.54, 1.807) is 0 Å². The smallest absolute Gasteiger partial charge is 0.303 e. The fourth-order valence-electron chi connectivity index (χ4n) is 4.97. The Morgan fingerprint density at radius 3 is 2.41 bits per heavy atom. The lowest BCUT2D eigenvalue weighted by atomic mass is 9.93. The maximum absolute atomic E-state index is 12.9. The molecule has 1 aliphatic heterocycles. The average Bonchev–Trinajstić information content (AvgIpc) is 3.10. The molecule has 2 rings (SSSR count). The highest BCUT2D eigenvalue weighted by Gasteiger charge is 2.45. The van der Waals surface area contributed by atoms with Gasteiger partial charge in [0.15, 0.2) is 5.78 Å². The van der Waals surface area contributed by atoms with E-state index >= 15 is 0 Å². The predicted molar refractivity (Wildman–Crippen MR) is 127 cm³/mol. The number of allylic oxidation sites excluding steroid dienone is 2. The molecule has 0 aromatic rings. The zero-order valence-corrected chi connectivity index (χ0v) is 20.1. The van der Waals surface area contributed by atoms with Gasteiger partial charge in [-0.1, -0.05) is 64.0 Å². The van der Waals surface area contributed by atoms with E-state index in [9.17, 15) is 9.59 Å². The zero-order valence-electron chi connectivity index (χ0n) is 20.1. The lowest BCUT2D eigenvalue weighted by Gasteiger charge is -2.35. The summed E-state index contributed by atoms with van der Waals surface area (Å²) in [6, 6.07) is -0.0603. The molecule has 184 valence electrons. The van der Waals surface area contributed by atoms with E-state index in [2.05, 4.69) is 17.9 Å². The summed E-state index contributed by atoms with van der Waals surface area (Å²) in [6.07, 6.45) is 17.2. The maximum atomic E-state index is 12.9. The number of ether oxygens (including phenoxy) is 2. The number of carbonyl (C=O) groups excluding carboxylic acids is 1. The summed E-state index contributed by atoms with van der Waals surface area (Å²) in [4.78, 5) is 25.9. The summed E-state index contributed by atoms with van der Waals surface area (Å²) >= 11 is 0. The molecule has 2 fully saturated rings. The van der Waals surface area contributed by atoms with Crippen LogP contribution in [0.2, 0.25) is 0 Å². The number of carboxylic acid groups (broad SMARTS) is 1. The molecule has 6 nitrogen and oxygen atoms in total. The number of hydrogen-bond donors (Lipinski definition) is 1. The van der Waals surface area contributed by atoms with Crippen LogP contribution in [0.15, 0.2) is 12.2 Å².